The average molecular weight is 376 g/mol. The largest absolute Gasteiger partial charge is 0.504 e. The number of likely N-dealkylation sites (tertiary alicyclic amines) is 1. The third-order valence-corrected chi connectivity index (χ3v) is 4.97. The molecule has 0 bridgehead atoms. The van der Waals surface area contributed by atoms with Crippen LogP contribution in [0, 0.1) is 24.7 Å². The summed E-state index contributed by atoms with van der Waals surface area (Å²) in [6.45, 7) is 6.22. The van der Waals surface area contributed by atoms with Crippen LogP contribution in [0.5, 0.6) is 5.75 Å². The monoisotopic (exact) mass is 376 g/mol. The maximum atomic E-state index is 13.2. The number of aromatic hydroxyl groups is 1. The molecule has 148 valence electrons. The van der Waals surface area contributed by atoms with Gasteiger partial charge in [0.05, 0.1) is 5.69 Å². The van der Waals surface area contributed by atoms with Crippen LogP contribution in [-0.4, -0.2) is 51.4 Å². The number of nitrogens with zero attached hydrogens (tertiary/aromatic N) is 2. The van der Waals surface area contributed by atoms with Crippen LogP contribution in [-0.2, 0) is 0 Å². The van der Waals surface area contributed by atoms with Crippen molar-refractivity contribution in [3.63, 3.8) is 0 Å². The third-order valence-electron chi connectivity index (χ3n) is 4.97. The van der Waals surface area contributed by atoms with Gasteiger partial charge in [-0.15, -0.1) is 0 Å². The van der Waals surface area contributed by atoms with Crippen LogP contribution in [0.1, 0.15) is 30.7 Å². The van der Waals surface area contributed by atoms with Crippen LogP contribution in [0.2, 0.25) is 0 Å². The van der Waals surface area contributed by atoms with Crippen LogP contribution in [0.3, 0.4) is 0 Å². The van der Waals surface area contributed by atoms with E-state index >= 15 is 0 Å². The Morgan fingerprint density at radius 1 is 1.15 bits per heavy atom. The molecule has 1 saturated heterocycles. The van der Waals surface area contributed by atoms with E-state index in [2.05, 4.69) is 35.9 Å². The van der Waals surface area contributed by atoms with Gasteiger partial charge in [-0.3, -0.25) is 4.90 Å². The molecular formula is C21H29FN2O3. The van der Waals surface area contributed by atoms with Gasteiger partial charge in [-0.05, 0) is 30.9 Å². The topological polar surface area (TPSA) is 76.8 Å². The average Bonchev–Trinajstić information content (AvgIpc) is 3.07. The minimum Gasteiger partial charge on any atom is -0.504 e. The molecule has 6 heteroatoms. The van der Waals surface area contributed by atoms with Crippen molar-refractivity contribution in [1.29, 1.82) is 0 Å². The first-order valence-electron chi connectivity index (χ1n) is 9.32. The van der Waals surface area contributed by atoms with Gasteiger partial charge in [0.1, 0.15) is 6.10 Å². The quantitative estimate of drug-likeness (QED) is 0.700. The predicted molar refractivity (Wildman–Crippen MR) is 103 cm³/mol. The molecule has 0 amide bonds. The Hall–Kier alpha value is -2.02. The number of benzene rings is 1. The normalized spacial score (nSPS) is 20.8. The fourth-order valence-electron chi connectivity index (χ4n) is 3.35. The smallest absolute Gasteiger partial charge is 0.255 e. The minimum atomic E-state index is -0.970. The Kier molecular flexibility index (Phi) is 8.16. The van der Waals surface area contributed by atoms with E-state index in [4.69, 9.17) is 5.11 Å². The Morgan fingerprint density at radius 2 is 1.81 bits per heavy atom. The van der Waals surface area contributed by atoms with Crippen molar-refractivity contribution in [2.45, 2.75) is 26.4 Å². The SMILES string of the molecule is CCC1CN(CC(O)c2ccc(O)c(F)n2)CC1CO.Cc1ccccc1. The molecule has 3 atom stereocenters. The van der Waals surface area contributed by atoms with Crippen LogP contribution < -0.4 is 0 Å². The number of aryl methyl sites for hydroxylation is 1. The second kappa shape index (κ2) is 10.3. The Morgan fingerprint density at radius 3 is 2.30 bits per heavy atom. The highest BCUT2D eigenvalue weighted by molar-refractivity contribution is 5.21. The number of aliphatic hydroxyl groups is 2. The molecule has 1 fully saturated rings. The number of hydrogen-bond acceptors (Lipinski definition) is 5. The molecule has 27 heavy (non-hydrogen) atoms. The maximum absolute atomic E-state index is 13.2. The fraction of sp³-hybridized carbons (Fsp3) is 0.476. The zero-order chi connectivity index (χ0) is 19.8. The molecule has 3 N–H and O–H groups in total. The number of aromatic nitrogens is 1. The van der Waals surface area contributed by atoms with Crippen molar-refractivity contribution in [1.82, 2.24) is 9.88 Å². The van der Waals surface area contributed by atoms with E-state index in [1.165, 1.54) is 17.7 Å². The summed E-state index contributed by atoms with van der Waals surface area (Å²) in [5, 5.41) is 28.5. The summed E-state index contributed by atoms with van der Waals surface area (Å²) in [6, 6.07) is 12.9. The summed E-state index contributed by atoms with van der Waals surface area (Å²) in [6.07, 6.45) is 0.0873. The lowest BCUT2D eigenvalue weighted by atomic mass is 9.95. The summed E-state index contributed by atoms with van der Waals surface area (Å²) < 4.78 is 13.2. The van der Waals surface area contributed by atoms with Crippen LogP contribution in [0.15, 0.2) is 42.5 Å². The number of aliphatic hydroxyl groups excluding tert-OH is 2. The molecule has 3 rings (SSSR count). The molecule has 1 aliphatic heterocycles. The first-order chi connectivity index (χ1) is 12.9. The third kappa shape index (κ3) is 6.27. The zero-order valence-electron chi connectivity index (χ0n) is 15.9. The lowest BCUT2D eigenvalue weighted by molar-refractivity contribution is 0.116. The van der Waals surface area contributed by atoms with Crippen LogP contribution >= 0.6 is 0 Å². The molecule has 0 radical (unpaired) electrons. The van der Waals surface area contributed by atoms with Crippen molar-refractivity contribution < 1.29 is 19.7 Å². The van der Waals surface area contributed by atoms with E-state index in [9.17, 15) is 14.6 Å². The minimum absolute atomic E-state index is 0.150. The molecule has 0 spiro atoms. The standard InChI is InChI=1S/C14H21FN2O3.C7H8/c1-2-9-5-17(6-10(9)8-18)7-13(20)11-3-4-12(19)14(15)16-11;1-7-5-3-2-4-6-7/h3-4,9-10,13,18-20H,2,5-8H2,1H3;2-6H,1H3. The molecule has 5 nitrogen and oxygen atoms in total. The van der Waals surface area contributed by atoms with E-state index in [1.807, 2.05) is 18.2 Å². The predicted octanol–water partition coefficient (Wildman–Crippen LogP) is 2.91. The van der Waals surface area contributed by atoms with Gasteiger partial charge in [0.15, 0.2) is 5.75 Å². The number of hydrogen-bond donors (Lipinski definition) is 3. The first-order valence-corrected chi connectivity index (χ1v) is 9.32. The summed E-state index contributed by atoms with van der Waals surface area (Å²) >= 11 is 0. The van der Waals surface area contributed by atoms with Crippen molar-refractivity contribution >= 4 is 0 Å². The highest BCUT2D eigenvalue weighted by Crippen LogP contribution is 2.27. The summed E-state index contributed by atoms with van der Waals surface area (Å²) in [4.78, 5) is 5.61. The second-order valence-electron chi connectivity index (χ2n) is 7.05. The van der Waals surface area contributed by atoms with Gasteiger partial charge in [0.2, 0.25) is 0 Å². The summed E-state index contributed by atoms with van der Waals surface area (Å²) in [5.41, 5.74) is 1.53. The second-order valence-corrected chi connectivity index (χ2v) is 7.05. The zero-order valence-corrected chi connectivity index (χ0v) is 15.9. The molecule has 2 heterocycles. The van der Waals surface area contributed by atoms with Gasteiger partial charge in [-0.25, -0.2) is 4.98 Å². The number of halogens is 1. The molecule has 1 aliphatic rings. The van der Waals surface area contributed by atoms with Crippen LogP contribution in [0.4, 0.5) is 4.39 Å². The molecular weight excluding hydrogens is 347 g/mol. The number of rotatable bonds is 5. The first kappa shape index (κ1) is 21.3. The van der Waals surface area contributed by atoms with Crippen molar-refractivity contribution in [3.05, 3.63) is 59.7 Å². The Balaban J connectivity index is 0.000000313. The molecule has 1 aromatic carbocycles. The Bertz CT molecular complexity index is 687. The maximum Gasteiger partial charge on any atom is 0.255 e. The molecule has 0 saturated carbocycles. The lowest BCUT2D eigenvalue weighted by Crippen LogP contribution is -2.27. The van der Waals surface area contributed by atoms with Gasteiger partial charge in [-0.1, -0.05) is 49.2 Å². The van der Waals surface area contributed by atoms with E-state index in [-0.39, 0.29) is 18.2 Å². The highest BCUT2D eigenvalue weighted by Gasteiger charge is 2.32. The van der Waals surface area contributed by atoms with E-state index in [1.54, 1.807) is 0 Å². The van der Waals surface area contributed by atoms with Gasteiger partial charge in [0, 0.05) is 26.2 Å². The van der Waals surface area contributed by atoms with E-state index in [0.717, 1.165) is 19.5 Å². The van der Waals surface area contributed by atoms with Crippen LogP contribution in [0.25, 0.3) is 0 Å². The van der Waals surface area contributed by atoms with E-state index in [0.29, 0.717) is 12.5 Å². The number of pyridine rings is 1. The van der Waals surface area contributed by atoms with Gasteiger partial charge in [-0.2, -0.15) is 4.39 Å². The van der Waals surface area contributed by atoms with Crippen molar-refractivity contribution in [2.75, 3.05) is 26.2 Å². The fourth-order valence-corrected chi connectivity index (χ4v) is 3.35. The van der Waals surface area contributed by atoms with E-state index < -0.39 is 17.8 Å². The highest BCUT2D eigenvalue weighted by atomic mass is 19.1. The van der Waals surface area contributed by atoms with Crippen molar-refractivity contribution in [2.24, 2.45) is 11.8 Å². The summed E-state index contributed by atoms with van der Waals surface area (Å²) in [5.74, 6) is -0.829. The molecule has 0 aliphatic carbocycles. The molecule has 2 aromatic rings. The summed E-state index contributed by atoms with van der Waals surface area (Å²) in [7, 11) is 0. The molecule has 3 unspecified atom stereocenters. The lowest BCUT2D eigenvalue weighted by Gasteiger charge is -2.19. The Labute approximate surface area is 160 Å². The molecule has 1 aromatic heterocycles. The number of β-amino-alcohol motifs (C(OH)–C–C–N with tert-alkyl or cyclic N) is 1. The van der Waals surface area contributed by atoms with Gasteiger partial charge >= 0.3 is 0 Å². The van der Waals surface area contributed by atoms with Gasteiger partial charge in [0.25, 0.3) is 5.95 Å². The van der Waals surface area contributed by atoms with Gasteiger partial charge < -0.3 is 15.3 Å². The van der Waals surface area contributed by atoms with Crippen molar-refractivity contribution in [3.8, 4) is 5.75 Å².